The second-order valence-electron chi connectivity index (χ2n) is 3.39. The molecule has 1 aromatic rings. The topological polar surface area (TPSA) is 38.9 Å². The lowest BCUT2D eigenvalue weighted by molar-refractivity contribution is 0.778. The van der Waals surface area contributed by atoms with E-state index < -0.39 is 0 Å². The van der Waals surface area contributed by atoms with Crippen LogP contribution in [0.5, 0.6) is 0 Å². The van der Waals surface area contributed by atoms with Gasteiger partial charge in [0.15, 0.2) is 0 Å². The lowest BCUT2D eigenvalue weighted by Gasteiger charge is -2.10. The Morgan fingerprint density at radius 3 is 3.00 bits per heavy atom. The van der Waals surface area contributed by atoms with Gasteiger partial charge in [0.1, 0.15) is 5.03 Å². The number of hydrogen-bond donors (Lipinski definition) is 1. The second kappa shape index (κ2) is 6.04. The molecular weight excluding hydrogens is 192 g/mol. The Hall–Kier alpha value is -0.540. The molecule has 1 atom stereocenters. The van der Waals surface area contributed by atoms with Gasteiger partial charge in [0.25, 0.3) is 0 Å². The van der Waals surface area contributed by atoms with E-state index in [1.807, 2.05) is 30.9 Å². The standard InChI is InChI=1S/C11H18N2S/c1-3-4-8-14-11-10(9(2)12)6-5-7-13-11/h5-7,9H,3-4,8,12H2,1-2H3/t9-/m0/s1. The maximum Gasteiger partial charge on any atom is 0.101 e. The van der Waals surface area contributed by atoms with E-state index >= 15 is 0 Å². The van der Waals surface area contributed by atoms with Gasteiger partial charge in [0.05, 0.1) is 0 Å². The summed E-state index contributed by atoms with van der Waals surface area (Å²) in [5.41, 5.74) is 7.03. The summed E-state index contributed by atoms with van der Waals surface area (Å²) in [6, 6.07) is 4.09. The highest BCUT2D eigenvalue weighted by Gasteiger charge is 2.06. The molecule has 2 nitrogen and oxygen atoms in total. The summed E-state index contributed by atoms with van der Waals surface area (Å²) in [4.78, 5) is 4.35. The summed E-state index contributed by atoms with van der Waals surface area (Å²) >= 11 is 1.81. The van der Waals surface area contributed by atoms with Crippen LogP contribution in [0.25, 0.3) is 0 Å². The lowest BCUT2D eigenvalue weighted by Crippen LogP contribution is -2.07. The van der Waals surface area contributed by atoms with Crippen LogP contribution < -0.4 is 5.73 Å². The molecule has 0 bridgehead atoms. The molecular formula is C11H18N2S. The molecule has 2 N–H and O–H groups in total. The molecule has 0 fully saturated rings. The monoisotopic (exact) mass is 210 g/mol. The highest BCUT2D eigenvalue weighted by molar-refractivity contribution is 7.99. The van der Waals surface area contributed by atoms with Gasteiger partial charge in [0, 0.05) is 17.8 Å². The predicted octanol–water partition coefficient (Wildman–Crippen LogP) is 2.99. The molecule has 0 amide bonds. The Morgan fingerprint density at radius 2 is 2.36 bits per heavy atom. The van der Waals surface area contributed by atoms with Gasteiger partial charge in [-0.15, -0.1) is 11.8 Å². The molecule has 0 spiro atoms. The molecule has 1 heterocycles. The minimum Gasteiger partial charge on any atom is -0.324 e. The fraction of sp³-hybridized carbons (Fsp3) is 0.545. The SMILES string of the molecule is CCCCSc1ncccc1[C@H](C)N. The van der Waals surface area contributed by atoms with Crippen LogP contribution in [0, 0.1) is 0 Å². The van der Waals surface area contributed by atoms with Crippen LogP contribution in [0.2, 0.25) is 0 Å². The van der Waals surface area contributed by atoms with Gasteiger partial charge in [-0.25, -0.2) is 4.98 Å². The lowest BCUT2D eigenvalue weighted by atomic mass is 10.2. The molecule has 0 saturated carbocycles. The molecule has 1 rings (SSSR count). The van der Waals surface area contributed by atoms with E-state index in [-0.39, 0.29) is 6.04 Å². The Bertz CT molecular complexity index is 274. The highest BCUT2D eigenvalue weighted by atomic mass is 32.2. The minimum atomic E-state index is 0.0767. The Balaban J connectivity index is 2.64. The molecule has 0 aliphatic carbocycles. The summed E-state index contributed by atoms with van der Waals surface area (Å²) in [6.07, 6.45) is 4.30. The van der Waals surface area contributed by atoms with E-state index in [0.717, 1.165) is 16.3 Å². The first-order valence-electron chi connectivity index (χ1n) is 5.09. The summed E-state index contributed by atoms with van der Waals surface area (Å²) in [5, 5.41) is 1.09. The first-order chi connectivity index (χ1) is 6.75. The van der Waals surface area contributed by atoms with Crippen LogP contribution in [0.3, 0.4) is 0 Å². The van der Waals surface area contributed by atoms with Gasteiger partial charge < -0.3 is 5.73 Å². The van der Waals surface area contributed by atoms with Crippen LogP contribution in [-0.2, 0) is 0 Å². The fourth-order valence-corrected chi connectivity index (χ4v) is 2.37. The third-order valence-corrected chi connectivity index (χ3v) is 3.14. The number of rotatable bonds is 5. The Labute approximate surface area is 90.3 Å². The minimum absolute atomic E-state index is 0.0767. The number of unbranched alkanes of at least 4 members (excludes halogenated alkanes) is 1. The zero-order chi connectivity index (χ0) is 10.4. The number of nitrogens with two attached hydrogens (primary N) is 1. The molecule has 3 heteroatoms. The number of pyridine rings is 1. The van der Waals surface area contributed by atoms with E-state index in [1.165, 1.54) is 12.8 Å². The van der Waals surface area contributed by atoms with Crippen molar-refractivity contribution in [2.75, 3.05) is 5.75 Å². The van der Waals surface area contributed by atoms with Crippen molar-refractivity contribution < 1.29 is 0 Å². The summed E-state index contributed by atoms with van der Waals surface area (Å²) < 4.78 is 0. The first kappa shape index (κ1) is 11.5. The first-order valence-corrected chi connectivity index (χ1v) is 6.07. The molecule has 0 aliphatic heterocycles. The molecule has 14 heavy (non-hydrogen) atoms. The Morgan fingerprint density at radius 1 is 1.57 bits per heavy atom. The van der Waals surface area contributed by atoms with Crippen molar-refractivity contribution in [2.24, 2.45) is 5.73 Å². The van der Waals surface area contributed by atoms with Crippen LogP contribution in [0.4, 0.5) is 0 Å². The summed E-state index contributed by atoms with van der Waals surface area (Å²) in [7, 11) is 0. The zero-order valence-corrected chi connectivity index (χ0v) is 9.68. The number of hydrogen-bond acceptors (Lipinski definition) is 3. The highest BCUT2D eigenvalue weighted by Crippen LogP contribution is 2.24. The normalized spacial score (nSPS) is 12.8. The van der Waals surface area contributed by atoms with E-state index in [4.69, 9.17) is 5.73 Å². The smallest absolute Gasteiger partial charge is 0.101 e. The fourth-order valence-electron chi connectivity index (χ4n) is 1.18. The van der Waals surface area contributed by atoms with E-state index in [9.17, 15) is 0 Å². The average Bonchev–Trinajstić information content (AvgIpc) is 2.19. The van der Waals surface area contributed by atoms with Crippen LogP contribution in [0.1, 0.15) is 38.3 Å². The van der Waals surface area contributed by atoms with E-state index in [0.29, 0.717) is 0 Å². The predicted molar refractivity (Wildman–Crippen MR) is 62.5 cm³/mol. The van der Waals surface area contributed by atoms with Gasteiger partial charge in [-0.2, -0.15) is 0 Å². The molecule has 0 saturated heterocycles. The Kier molecular flexibility index (Phi) is 4.98. The average molecular weight is 210 g/mol. The second-order valence-corrected chi connectivity index (χ2v) is 4.47. The summed E-state index contributed by atoms with van der Waals surface area (Å²) in [5.74, 6) is 1.13. The van der Waals surface area contributed by atoms with Crippen molar-refractivity contribution in [3.05, 3.63) is 23.9 Å². The van der Waals surface area contributed by atoms with Gasteiger partial charge in [-0.1, -0.05) is 19.4 Å². The maximum atomic E-state index is 5.87. The van der Waals surface area contributed by atoms with Crippen molar-refractivity contribution in [2.45, 2.75) is 37.8 Å². The third kappa shape index (κ3) is 3.31. The van der Waals surface area contributed by atoms with Crippen molar-refractivity contribution in [3.63, 3.8) is 0 Å². The molecule has 0 radical (unpaired) electrons. The van der Waals surface area contributed by atoms with Crippen molar-refractivity contribution in [1.29, 1.82) is 0 Å². The quantitative estimate of drug-likeness (QED) is 0.600. The molecule has 78 valence electrons. The summed E-state index contributed by atoms with van der Waals surface area (Å²) in [6.45, 7) is 4.20. The van der Waals surface area contributed by atoms with Crippen LogP contribution in [-0.4, -0.2) is 10.7 Å². The van der Waals surface area contributed by atoms with E-state index in [2.05, 4.69) is 18.0 Å². The van der Waals surface area contributed by atoms with Crippen LogP contribution in [0.15, 0.2) is 23.4 Å². The molecule has 0 aliphatic rings. The van der Waals surface area contributed by atoms with Gasteiger partial charge in [-0.05, 0) is 25.2 Å². The maximum absolute atomic E-state index is 5.87. The number of thioether (sulfide) groups is 1. The van der Waals surface area contributed by atoms with Gasteiger partial charge >= 0.3 is 0 Å². The van der Waals surface area contributed by atoms with Crippen molar-refractivity contribution in [1.82, 2.24) is 4.98 Å². The van der Waals surface area contributed by atoms with Crippen LogP contribution >= 0.6 is 11.8 Å². The largest absolute Gasteiger partial charge is 0.324 e. The number of aromatic nitrogens is 1. The van der Waals surface area contributed by atoms with Crippen molar-refractivity contribution in [3.8, 4) is 0 Å². The molecule has 0 unspecified atom stereocenters. The van der Waals surface area contributed by atoms with E-state index in [1.54, 1.807) is 0 Å². The molecule has 0 aromatic carbocycles. The molecule has 1 aromatic heterocycles. The van der Waals surface area contributed by atoms with Gasteiger partial charge in [0.2, 0.25) is 0 Å². The zero-order valence-electron chi connectivity index (χ0n) is 8.86. The third-order valence-electron chi connectivity index (χ3n) is 2.03. The van der Waals surface area contributed by atoms with Gasteiger partial charge in [-0.3, -0.25) is 0 Å². The van der Waals surface area contributed by atoms with Crippen molar-refractivity contribution >= 4 is 11.8 Å². The number of nitrogens with zero attached hydrogens (tertiary/aromatic N) is 1.